The molecule has 0 saturated carbocycles. The Kier molecular flexibility index (Phi) is 3.58. The lowest BCUT2D eigenvalue weighted by Gasteiger charge is -2.09. The molecule has 0 heterocycles. The number of fused-ring (bicyclic) bond motifs is 1. The lowest BCUT2D eigenvalue weighted by molar-refractivity contribution is -0.385. The molecule has 0 unspecified atom stereocenters. The first-order valence-corrected chi connectivity index (χ1v) is 6.88. The molecule has 5 heteroatoms. The number of ether oxygens (including phenoxy) is 1. The Balaban J connectivity index is 1.76. The Morgan fingerprint density at radius 2 is 2.10 bits per heavy atom. The average molecular weight is 284 g/mol. The van der Waals surface area contributed by atoms with E-state index in [9.17, 15) is 10.1 Å². The van der Waals surface area contributed by atoms with Crippen molar-refractivity contribution in [3.8, 4) is 5.75 Å². The fourth-order valence-electron chi connectivity index (χ4n) is 2.69. The molecule has 21 heavy (non-hydrogen) atoms. The predicted molar refractivity (Wildman–Crippen MR) is 79.1 cm³/mol. The summed E-state index contributed by atoms with van der Waals surface area (Å²) in [7, 11) is 0. The van der Waals surface area contributed by atoms with E-state index < -0.39 is 0 Å². The number of para-hydroxylation sites is 1. The molecule has 2 aromatic rings. The summed E-state index contributed by atoms with van der Waals surface area (Å²) in [6.45, 7) is 0.183. The van der Waals surface area contributed by atoms with Gasteiger partial charge in [0.1, 0.15) is 12.4 Å². The quantitative estimate of drug-likeness (QED) is 0.691. The van der Waals surface area contributed by atoms with E-state index in [1.54, 1.807) is 18.2 Å². The van der Waals surface area contributed by atoms with Crippen molar-refractivity contribution in [1.82, 2.24) is 0 Å². The van der Waals surface area contributed by atoms with Gasteiger partial charge >= 0.3 is 0 Å². The molecule has 0 radical (unpaired) electrons. The Labute approximate surface area is 122 Å². The van der Waals surface area contributed by atoms with Gasteiger partial charge in [-0.2, -0.15) is 0 Å². The number of hydrogen-bond donors (Lipinski definition) is 1. The molecular weight excluding hydrogens is 268 g/mol. The van der Waals surface area contributed by atoms with Crippen LogP contribution in [-0.4, -0.2) is 4.92 Å². The minimum atomic E-state index is -0.388. The number of nitro benzene ring substituents is 1. The van der Waals surface area contributed by atoms with Crippen molar-refractivity contribution in [2.45, 2.75) is 25.5 Å². The second-order valence-corrected chi connectivity index (χ2v) is 5.18. The summed E-state index contributed by atoms with van der Waals surface area (Å²) in [5, 5.41) is 11.0. The van der Waals surface area contributed by atoms with Crippen LogP contribution in [0.5, 0.6) is 5.75 Å². The number of hydrogen-bond acceptors (Lipinski definition) is 4. The van der Waals surface area contributed by atoms with Crippen LogP contribution >= 0.6 is 0 Å². The van der Waals surface area contributed by atoms with E-state index in [0.29, 0.717) is 5.56 Å². The van der Waals surface area contributed by atoms with E-state index in [1.165, 1.54) is 17.2 Å². The summed E-state index contributed by atoms with van der Waals surface area (Å²) in [5.41, 5.74) is 9.04. The summed E-state index contributed by atoms with van der Waals surface area (Å²) < 4.78 is 5.70. The maximum absolute atomic E-state index is 11.0. The zero-order chi connectivity index (χ0) is 14.8. The van der Waals surface area contributed by atoms with Crippen molar-refractivity contribution in [3.05, 3.63) is 69.3 Å². The summed E-state index contributed by atoms with van der Waals surface area (Å²) >= 11 is 0. The SMILES string of the molecule is N[C@H]1CCc2cc(OCc3ccccc3[N+](=O)[O-])ccc21. The standard InChI is InChI=1S/C16H16N2O3/c17-15-8-5-11-9-13(6-7-14(11)15)21-10-12-3-1-2-4-16(12)18(19)20/h1-4,6-7,9,15H,5,8,10,17H2/t15-/m0/s1. The first-order valence-electron chi connectivity index (χ1n) is 6.88. The maximum atomic E-state index is 11.0. The Morgan fingerprint density at radius 1 is 1.29 bits per heavy atom. The first kappa shape index (κ1) is 13.6. The highest BCUT2D eigenvalue weighted by atomic mass is 16.6. The van der Waals surface area contributed by atoms with Gasteiger partial charge in [0.2, 0.25) is 0 Å². The topological polar surface area (TPSA) is 78.4 Å². The molecule has 3 rings (SSSR count). The zero-order valence-corrected chi connectivity index (χ0v) is 11.5. The van der Waals surface area contributed by atoms with Gasteiger partial charge in [0.25, 0.3) is 5.69 Å². The van der Waals surface area contributed by atoms with E-state index in [1.807, 2.05) is 18.2 Å². The van der Waals surface area contributed by atoms with Gasteiger partial charge in [-0.3, -0.25) is 10.1 Å². The smallest absolute Gasteiger partial charge is 0.276 e. The summed E-state index contributed by atoms with van der Waals surface area (Å²) in [5.74, 6) is 0.723. The molecule has 108 valence electrons. The van der Waals surface area contributed by atoms with E-state index >= 15 is 0 Å². The molecule has 2 aromatic carbocycles. The molecule has 0 saturated heterocycles. The summed E-state index contributed by atoms with van der Waals surface area (Å²) in [4.78, 5) is 10.6. The third kappa shape index (κ3) is 2.73. The van der Waals surface area contributed by atoms with Crippen LogP contribution in [0, 0.1) is 10.1 Å². The monoisotopic (exact) mass is 284 g/mol. The van der Waals surface area contributed by atoms with Crippen molar-refractivity contribution in [3.63, 3.8) is 0 Å². The number of nitrogens with two attached hydrogens (primary N) is 1. The Morgan fingerprint density at radius 3 is 2.90 bits per heavy atom. The minimum absolute atomic E-state index is 0.0840. The summed E-state index contributed by atoms with van der Waals surface area (Å²) in [6, 6.07) is 12.6. The van der Waals surface area contributed by atoms with Gasteiger partial charge in [0.05, 0.1) is 10.5 Å². The van der Waals surface area contributed by atoms with Crippen LogP contribution in [0.25, 0.3) is 0 Å². The van der Waals surface area contributed by atoms with Gasteiger partial charge in [-0.05, 0) is 42.2 Å². The third-order valence-electron chi connectivity index (χ3n) is 3.82. The van der Waals surface area contributed by atoms with Gasteiger partial charge in [0, 0.05) is 12.1 Å². The number of nitrogens with zero attached hydrogens (tertiary/aromatic N) is 1. The summed E-state index contributed by atoms with van der Waals surface area (Å²) in [6.07, 6.45) is 1.92. The van der Waals surface area contributed by atoms with Crippen molar-refractivity contribution >= 4 is 5.69 Å². The van der Waals surface area contributed by atoms with Crippen LogP contribution in [0.4, 0.5) is 5.69 Å². The number of rotatable bonds is 4. The van der Waals surface area contributed by atoms with E-state index in [2.05, 4.69) is 0 Å². The van der Waals surface area contributed by atoms with Crippen LogP contribution in [0.1, 0.15) is 29.2 Å². The molecule has 5 nitrogen and oxygen atoms in total. The fraction of sp³-hybridized carbons (Fsp3) is 0.250. The van der Waals surface area contributed by atoms with Crippen molar-refractivity contribution in [2.24, 2.45) is 5.73 Å². The van der Waals surface area contributed by atoms with Crippen molar-refractivity contribution in [1.29, 1.82) is 0 Å². The maximum Gasteiger partial charge on any atom is 0.276 e. The number of benzene rings is 2. The second-order valence-electron chi connectivity index (χ2n) is 5.18. The highest BCUT2D eigenvalue weighted by Crippen LogP contribution is 2.32. The normalized spacial score (nSPS) is 16.5. The van der Waals surface area contributed by atoms with Gasteiger partial charge in [0.15, 0.2) is 0 Å². The molecule has 0 aromatic heterocycles. The molecule has 2 N–H and O–H groups in total. The van der Waals surface area contributed by atoms with Crippen LogP contribution in [0.3, 0.4) is 0 Å². The second kappa shape index (κ2) is 5.54. The van der Waals surface area contributed by atoms with E-state index in [0.717, 1.165) is 18.6 Å². The largest absolute Gasteiger partial charge is 0.489 e. The fourth-order valence-corrected chi connectivity index (χ4v) is 2.69. The highest BCUT2D eigenvalue weighted by Gasteiger charge is 2.19. The first-order chi connectivity index (χ1) is 10.1. The van der Waals surface area contributed by atoms with Crippen LogP contribution in [0.2, 0.25) is 0 Å². The van der Waals surface area contributed by atoms with Gasteiger partial charge in [-0.1, -0.05) is 18.2 Å². The minimum Gasteiger partial charge on any atom is -0.489 e. The van der Waals surface area contributed by atoms with Crippen LogP contribution in [0.15, 0.2) is 42.5 Å². The lowest BCUT2D eigenvalue weighted by atomic mass is 10.1. The molecule has 0 amide bonds. The van der Waals surface area contributed by atoms with Gasteiger partial charge < -0.3 is 10.5 Å². The van der Waals surface area contributed by atoms with Crippen LogP contribution in [-0.2, 0) is 13.0 Å². The third-order valence-corrected chi connectivity index (χ3v) is 3.82. The number of aryl methyl sites for hydroxylation is 1. The lowest BCUT2D eigenvalue weighted by Crippen LogP contribution is -2.05. The molecule has 0 spiro atoms. The molecule has 1 aliphatic rings. The van der Waals surface area contributed by atoms with Crippen LogP contribution < -0.4 is 10.5 Å². The molecule has 1 atom stereocenters. The van der Waals surface area contributed by atoms with Crippen molar-refractivity contribution < 1.29 is 9.66 Å². The molecule has 0 aliphatic heterocycles. The molecule has 0 bridgehead atoms. The number of nitro groups is 1. The van der Waals surface area contributed by atoms with Crippen molar-refractivity contribution in [2.75, 3.05) is 0 Å². The molecule has 0 fully saturated rings. The average Bonchev–Trinajstić information content (AvgIpc) is 2.86. The van der Waals surface area contributed by atoms with E-state index in [4.69, 9.17) is 10.5 Å². The Hall–Kier alpha value is -2.40. The van der Waals surface area contributed by atoms with Gasteiger partial charge in [-0.15, -0.1) is 0 Å². The molecular formula is C16H16N2O3. The van der Waals surface area contributed by atoms with E-state index in [-0.39, 0.29) is 23.3 Å². The molecule has 1 aliphatic carbocycles. The Bertz CT molecular complexity index is 685. The predicted octanol–water partition coefficient (Wildman–Crippen LogP) is 3.12. The highest BCUT2D eigenvalue weighted by molar-refractivity contribution is 5.42. The van der Waals surface area contributed by atoms with Gasteiger partial charge in [-0.25, -0.2) is 0 Å². The zero-order valence-electron chi connectivity index (χ0n) is 11.5.